The van der Waals surface area contributed by atoms with Crippen LogP contribution in [0.25, 0.3) is 6.08 Å². The Kier molecular flexibility index (Phi) is 4.09. The van der Waals surface area contributed by atoms with Crippen molar-refractivity contribution in [1.82, 2.24) is 0 Å². The van der Waals surface area contributed by atoms with Crippen molar-refractivity contribution in [1.29, 1.82) is 0 Å². The van der Waals surface area contributed by atoms with Gasteiger partial charge in [0.2, 0.25) is 0 Å². The quantitative estimate of drug-likeness (QED) is 0.538. The average Bonchev–Trinajstić information content (AvgIpc) is 3.26. The number of halogens is 1. The Hall–Kier alpha value is -3.86. The molecule has 4 nitrogen and oxygen atoms in total. The predicted octanol–water partition coefficient (Wildman–Crippen LogP) is 4.85. The molecule has 0 radical (unpaired) electrons. The molecule has 33 heavy (non-hydrogen) atoms. The highest BCUT2D eigenvalue weighted by atomic mass is 19.1. The first-order valence-electron chi connectivity index (χ1n) is 11.0. The van der Waals surface area contributed by atoms with Crippen LogP contribution in [0.15, 0.2) is 78.9 Å². The second-order valence-electron chi connectivity index (χ2n) is 8.93. The summed E-state index contributed by atoms with van der Waals surface area (Å²) >= 11 is 0. The van der Waals surface area contributed by atoms with E-state index in [1.54, 1.807) is 42.5 Å². The number of rotatable bonds is 2. The summed E-state index contributed by atoms with van der Waals surface area (Å²) in [6.07, 6.45) is 3.55. The van der Waals surface area contributed by atoms with Gasteiger partial charge in [-0.05, 0) is 30.7 Å². The molecule has 3 aromatic carbocycles. The molecular formula is C28H20FNO3. The van der Waals surface area contributed by atoms with Crippen molar-refractivity contribution in [2.45, 2.75) is 24.9 Å². The van der Waals surface area contributed by atoms with E-state index in [9.17, 15) is 18.8 Å². The minimum atomic E-state index is -1.48. The van der Waals surface area contributed by atoms with Gasteiger partial charge in [-0.1, -0.05) is 66.7 Å². The van der Waals surface area contributed by atoms with Gasteiger partial charge >= 0.3 is 0 Å². The van der Waals surface area contributed by atoms with Gasteiger partial charge in [-0.2, -0.15) is 0 Å². The Balaban J connectivity index is 1.68. The first-order valence-corrected chi connectivity index (χ1v) is 11.0. The van der Waals surface area contributed by atoms with Crippen molar-refractivity contribution < 1.29 is 18.8 Å². The van der Waals surface area contributed by atoms with Gasteiger partial charge in [0.15, 0.2) is 17.3 Å². The van der Waals surface area contributed by atoms with Crippen molar-refractivity contribution in [2.24, 2.45) is 5.41 Å². The molecule has 1 saturated heterocycles. The molecule has 6 rings (SSSR count). The maximum Gasteiger partial charge on any atom is 0.180 e. The molecule has 0 saturated carbocycles. The van der Waals surface area contributed by atoms with E-state index in [1.165, 1.54) is 19.1 Å². The van der Waals surface area contributed by atoms with E-state index in [1.807, 2.05) is 35.2 Å². The highest BCUT2D eigenvalue weighted by Crippen LogP contribution is 2.60. The lowest BCUT2D eigenvalue weighted by atomic mass is 9.64. The summed E-state index contributed by atoms with van der Waals surface area (Å²) in [5, 5.41) is 0. The Morgan fingerprint density at radius 2 is 1.55 bits per heavy atom. The van der Waals surface area contributed by atoms with Crippen LogP contribution in [0, 0.1) is 11.2 Å². The van der Waals surface area contributed by atoms with Crippen molar-refractivity contribution in [2.75, 3.05) is 4.90 Å². The fraction of sp³-hybridized carbons (Fsp3) is 0.179. The monoisotopic (exact) mass is 437 g/mol. The molecule has 0 aromatic heterocycles. The summed E-state index contributed by atoms with van der Waals surface area (Å²) < 4.78 is 14.0. The zero-order chi connectivity index (χ0) is 22.9. The van der Waals surface area contributed by atoms with Crippen LogP contribution in [0.2, 0.25) is 0 Å². The largest absolute Gasteiger partial charge is 0.352 e. The molecule has 0 N–H and O–H groups in total. The lowest BCUT2D eigenvalue weighted by molar-refractivity contribution is -0.118. The molecule has 3 aromatic rings. The van der Waals surface area contributed by atoms with Gasteiger partial charge < -0.3 is 4.90 Å². The van der Waals surface area contributed by atoms with Crippen molar-refractivity contribution in [3.63, 3.8) is 0 Å². The highest BCUT2D eigenvalue weighted by Gasteiger charge is 2.71. The topological polar surface area (TPSA) is 54.5 Å². The fourth-order valence-corrected chi connectivity index (χ4v) is 6.13. The van der Waals surface area contributed by atoms with E-state index >= 15 is 0 Å². The van der Waals surface area contributed by atoms with Crippen LogP contribution in [0.5, 0.6) is 0 Å². The van der Waals surface area contributed by atoms with Crippen LogP contribution in [0.1, 0.15) is 44.7 Å². The van der Waals surface area contributed by atoms with Gasteiger partial charge in [-0.15, -0.1) is 0 Å². The maximum atomic E-state index is 14.2. The normalized spacial score (nSPS) is 24.1. The number of ketones is 3. The number of hydrogen-bond acceptors (Lipinski definition) is 4. The highest BCUT2D eigenvalue weighted by molar-refractivity contribution is 6.32. The lowest BCUT2D eigenvalue weighted by Crippen LogP contribution is -2.48. The third-order valence-corrected chi connectivity index (χ3v) is 7.34. The number of carbonyl (C=O) groups excluding carboxylic acids is 3. The molecule has 5 heteroatoms. The van der Waals surface area contributed by atoms with E-state index in [0.29, 0.717) is 22.4 Å². The SMILES string of the molecule is CC(=O)[C@@H]1[C@@H](c2ccccc2)C2(C(=O)c3ccccc3C2=O)[C@@H]2C=Cc3cc(F)ccc3N12. The van der Waals surface area contributed by atoms with Gasteiger partial charge in [0.25, 0.3) is 0 Å². The van der Waals surface area contributed by atoms with E-state index in [2.05, 4.69) is 0 Å². The van der Waals surface area contributed by atoms with Crippen LogP contribution >= 0.6 is 0 Å². The van der Waals surface area contributed by atoms with E-state index < -0.39 is 23.4 Å². The van der Waals surface area contributed by atoms with Crippen LogP contribution in [0.4, 0.5) is 10.1 Å². The molecule has 2 aliphatic heterocycles. The summed E-state index contributed by atoms with van der Waals surface area (Å²) in [7, 11) is 0. The molecule has 1 aliphatic carbocycles. The van der Waals surface area contributed by atoms with Crippen LogP contribution in [-0.4, -0.2) is 29.4 Å². The van der Waals surface area contributed by atoms with E-state index in [4.69, 9.17) is 0 Å². The number of anilines is 1. The van der Waals surface area contributed by atoms with E-state index in [0.717, 1.165) is 5.56 Å². The number of carbonyl (C=O) groups is 3. The lowest BCUT2D eigenvalue weighted by Gasteiger charge is -2.37. The third-order valence-electron chi connectivity index (χ3n) is 7.34. The van der Waals surface area contributed by atoms with Crippen molar-refractivity contribution >= 4 is 29.1 Å². The van der Waals surface area contributed by atoms with Gasteiger partial charge in [-0.25, -0.2) is 4.39 Å². The van der Waals surface area contributed by atoms with Crippen molar-refractivity contribution in [3.05, 3.63) is 107 Å². The van der Waals surface area contributed by atoms with Gasteiger partial charge in [0, 0.05) is 28.3 Å². The molecule has 0 bridgehead atoms. The minimum absolute atomic E-state index is 0.146. The molecule has 3 aliphatic rings. The second-order valence-corrected chi connectivity index (χ2v) is 8.93. The predicted molar refractivity (Wildman–Crippen MR) is 123 cm³/mol. The summed E-state index contributed by atoms with van der Waals surface area (Å²) in [5.41, 5.74) is 1.34. The number of hydrogen-bond donors (Lipinski definition) is 0. The van der Waals surface area contributed by atoms with Gasteiger partial charge in [0.05, 0.1) is 12.1 Å². The molecule has 3 atom stereocenters. The van der Waals surface area contributed by atoms with E-state index in [-0.39, 0.29) is 23.2 Å². The minimum Gasteiger partial charge on any atom is -0.352 e. The Morgan fingerprint density at radius 1 is 0.909 bits per heavy atom. The van der Waals surface area contributed by atoms with Gasteiger partial charge in [0.1, 0.15) is 11.2 Å². The fourth-order valence-electron chi connectivity index (χ4n) is 6.13. The average molecular weight is 437 g/mol. The van der Waals surface area contributed by atoms with Gasteiger partial charge in [-0.3, -0.25) is 14.4 Å². The van der Waals surface area contributed by atoms with Crippen molar-refractivity contribution in [3.8, 4) is 0 Å². The van der Waals surface area contributed by atoms with Crippen LogP contribution in [-0.2, 0) is 4.79 Å². The number of fused-ring (bicyclic) bond motifs is 5. The number of nitrogens with zero attached hydrogens (tertiary/aromatic N) is 1. The number of benzene rings is 3. The Bertz CT molecular complexity index is 1340. The maximum absolute atomic E-state index is 14.2. The molecule has 0 amide bonds. The molecule has 162 valence electrons. The molecular weight excluding hydrogens is 417 g/mol. The summed E-state index contributed by atoms with van der Waals surface area (Å²) in [6.45, 7) is 1.50. The standard InChI is InChI=1S/C28H20FNO3/c1-16(31)25-24(17-7-3-2-4-8-17)28(26(32)20-9-5-6-10-21(20)27(28)33)23-14-11-18-15-19(29)12-13-22(18)30(23)25/h2-15,23-25H,1H3/t23-,24+,25+/m0/s1. The first-order chi connectivity index (χ1) is 16.0. The molecule has 1 spiro atoms. The van der Waals surface area contributed by atoms with Crippen LogP contribution in [0.3, 0.4) is 0 Å². The summed E-state index contributed by atoms with van der Waals surface area (Å²) in [4.78, 5) is 43.4. The smallest absolute Gasteiger partial charge is 0.180 e. The van der Waals surface area contributed by atoms with Crippen LogP contribution < -0.4 is 4.90 Å². The zero-order valence-electron chi connectivity index (χ0n) is 17.9. The molecule has 2 heterocycles. The molecule has 1 fully saturated rings. The summed E-state index contributed by atoms with van der Waals surface area (Å²) in [6, 6.07) is 19.2. The number of Topliss-reactive ketones (excluding diaryl/α,β-unsaturated/α-hetero) is 3. The first kappa shape index (κ1) is 19.8. The Labute approximate surface area is 190 Å². The third kappa shape index (κ3) is 2.42. The Morgan fingerprint density at radius 3 is 2.18 bits per heavy atom. The summed E-state index contributed by atoms with van der Waals surface area (Å²) in [5.74, 6) is -1.73. The zero-order valence-corrected chi connectivity index (χ0v) is 17.9. The molecule has 0 unspecified atom stereocenters. The second kappa shape index (κ2) is 6.82.